The van der Waals surface area contributed by atoms with E-state index in [-0.39, 0.29) is 16.7 Å². The number of benzene rings is 2. The third kappa shape index (κ3) is 4.48. The van der Waals surface area contributed by atoms with Crippen LogP contribution in [0, 0.1) is 5.92 Å². The van der Waals surface area contributed by atoms with Crippen LogP contribution in [0.4, 0.5) is 5.69 Å². The molecule has 0 atom stereocenters. The zero-order valence-corrected chi connectivity index (χ0v) is 16.3. The Morgan fingerprint density at radius 3 is 2.37 bits per heavy atom. The van der Waals surface area contributed by atoms with Crippen molar-refractivity contribution in [3.8, 4) is 11.5 Å². The first kappa shape index (κ1) is 19.4. The highest BCUT2D eigenvalue weighted by Crippen LogP contribution is 2.35. The standard InChI is InChI=1S/C20H24N2O4S/c1-3-22(4-2)27(24,25)17-12-13-19(26-16-8-6-5-7-9-16)18(14-17)21-20(23)15-10-11-15/h5-9,12-15H,3-4,10-11H2,1-2H3,(H,21,23). The zero-order chi connectivity index (χ0) is 19.4. The molecule has 0 heterocycles. The molecule has 1 saturated carbocycles. The molecule has 0 spiro atoms. The summed E-state index contributed by atoms with van der Waals surface area (Å²) in [6, 6.07) is 13.7. The molecule has 0 radical (unpaired) electrons. The third-order valence-corrected chi connectivity index (χ3v) is 6.52. The third-order valence-electron chi connectivity index (χ3n) is 4.47. The van der Waals surface area contributed by atoms with Gasteiger partial charge in [-0.3, -0.25) is 4.79 Å². The van der Waals surface area contributed by atoms with Gasteiger partial charge in [-0.25, -0.2) is 8.42 Å². The number of nitrogens with one attached hydrogen (secondary N) is 1. The van der Waals surface area contributed by atoms with Crippen molar-refractivity contribution >= 4 is 21.6 Å². The number of ether oxygens (including phenoxy) is 1. The highest BCUT2D eigenvalue weighted by molar-refractivity contribution is 7.89. The molecule has 1 aliphatic rings. The first-order valence-electron chi connectivity index (χ1n) is 9.13. The molecular weight excluding hydrogens is 364 g/mol. The Hall–Kier alpha value is -2.38. The van der Waals surface area contributed by atoms with Crippen molar-refractivity contribution in [3.05, 3.63) is 48.5 Å². The number of hydrogen-bond donors (Lipinski definition) is 1. The molecule has 1 N–H and O–H groups in total. The number of rotatable bonds is 8. The number of sulfonamides is 1. The lowest BCUT2D eigenvalue weighted by Crippen LogP contribution is -2.30. The van der Waals surface area contributed by atoms with E-state index in [2.05, 4.69) is 5.32 Å². The van der Waals surface area contributed by atoms with Gasteiger partial charge in [-0.1, -0.05) is 32.0 Å². The van der Waals surface area contributed by atoms with Crippen LogP contribution in [-0.4, -0.2) is 31.7 Å². The maximum Gasteiger partial charge on any atom is 0.243 e. The van der Waals surface area contributed by atoms with Crippen molar-refractivity contribution in [2.24, 2.45) is 5.92 Å². The molecule has 7 heteroatoms. The highest BCUT2D eigenvalue weighted by Gasteiger charge is 2.31. The van der Waals surface area contributed by atoms with E-state index in [1.165, 1.54) is 16.4 Å². The van der Waals surface area contributed by atoms with Crippen LogP contribution in [0.1, 0.15) is 26.7 Å². The van der Waals surface area contributed by atoms with E-state index in [0.717, 1.165) is 12.8 Å². The quantitative estimate of drug-likeness (QED) is 0.745. The van der Waals surface area contributed by atoms with E-state index >= 15 is 0 Å². The second-order valence-corrected chi connectivity index (χ2v) is 8.36. The molecule has 0 aliphatic heterocycles. The fraction of sp³-hybridized carbons (Fsp3) is 0.350. The van der Waals surface area contributed by atoms with Crippen LogP contribution in [0.15, 0.2) is 53.4 Å². The van der Waals surface area contributed by atoms with Crippen molar-refractivity contribution in [1.82, 2.24) is 4.31 Å². The second kappa shape index (κ2) is 8.10. The van der Waals surface area contributed by atoms with E-state index in [1.54, 1.807) is 32.0 Å². The minimum atomic E-state index is -3.63. The lowest BCUT2D eigenvalue weighted by atomic mass is 10.2. The van der Waals surface area contributed by atoms with Gasteiger partial charge in [-0.05, 0) is 43.2 Å². The van der Waals surface area contributed by atoms with Gasteiger partial charge in [0.25, 0.3) is 0 Å². The second-order valence-electron chi connectivity index (χ2n) is 6.43. The zero-order valence-electron chi connectivity index (χ0n) is 15.5. The molecule has 3 rings (SSSR count). The first-order valence-corrected chi connectivity index (χ1v) is 10.6. The van der Waals surface area contributed by atoms with E-state index < -0.39 is 10.0 Å². The smallest absolute Gasteiger partial charge is 0.243 e. The van der Waals surface area contributed by atoms with Crippen molar-refractivity contribution in [1.29, 1.82) is 0 Å². The van der Waals surface area contributed by atoms with Gasteiger partial charge in [0.1, 0.15) is 5.75 Å². The Morgan fingerprint density at radius 2 is 1.78 bits per heavy atom. The summed E-state index contributed by atoms with van der Waals surface area (Å²) in [6.45, 7) is 4.35. The number of anilines is 1. The summed E-state index contributed by atoms with van der Waals surface area (Å²) < 4.78 is 32.9. The summed E-state index contributed by atoms with van der Waals surface area (Å²) in [5, 5.41) is 2.83. The van der Waals surface area contributed by atoms with Crippen LogP contribution in [0.3, 0.4) is 0 Å². The van der Waals surface area contributed by atoms with E-state index in [0.29, 0.717) is 30.3 Å². The van der Waals surface area contributed by atoms with Gasteiger partial charge >= 0.3 is 0 Å². The molecule has 2 aromatic carbocycles. The minimum Gasteiger partial charge on any atom is -0.455 e. The molecule has 0 bridgehead atoms. The largest absolute Gasteiger partial charge is 0.455 e. The fourth-order valence-electron chi connectivity index (χ4n) is 2.76. The molecule has 27 heavy (non-hydrogen) atoms. The Bertz CT molecular complexity index is 905. The van der Waals surface area contributed by atoms with Crippen LogP contribution < -0.4 is 10.1 Å². The lowest BCUT2D eigenvalue weighted by Gasteiger charge is -2.20. The average Bonchev–Trinajstić information content (AvgIpc) is 3.50. The predicted molar refractivity (Wildman–Crippen MR) is 104 cm³/mol. The molecule has 1 aliphatic carbocycles. The normalized spacial score (nSPS) is 14.2. The van der Waals surface area contributed by atoms with Crippen LogP contribution in [0.5, 0.6) is 11.5 Å². The first-order chi connectivity index (χ1) is 13.0. The monoisotopic (exact) mass is 388 g/mol. The molecule has 1 fully saturated rings. The number of nitrogens with zero attached hydrogens (tertiary/aromatic N) is 1. The van der Waals surface area contributed by atoms with Crippen LogP contribution >= 0.6 is 0 Å². The molecular formula is C20H24N2O4S. The highest BCUT2D eigenvalue weighted by atomic mass is 32.2. The van der Waals surface area contributed by atoms with Crippen molar-refractivity contribution in [2.75, 3.05) is 18.4 Å². The number of carbonyl (C=O) groups excluding carboxylic acids is 1. The molecule has 0 saturated heterocycles. The van der Waals surface area contributed by atoms with Gasteiger partial charge in [0.2, 0.25) is 15.9 Å². The Kier molecular flexibility index (Phi) is 5.82. The Balaban J connectivity index is 1.96. The van der Waals surface area contributed by atoms with Crippen molar-refractivity contribution in [3.63, 3.8) is 0 Å². The summed E-state index contributed by atoms with van der Waals surface area (Å²) >= 11 is 0. The number of carbonyl (C=O) groups is 1. The molecule has 0 unspecified atom stereocenters. The van der Waals surface area contributed by atoms with Crippen molar-refractivity contribution in [2.45, 2.75) is 31.6 Å². The SMILES string of the molecule is CCN(CC)S(=O)(=O)c1ccc(Oc2ccccc2)c(NC(=O)C2CC2)c1. The molecule has 144 valence electrons. The van der Waals surface area contributed by atoms with E-state index in [9.17, 15) is 13.2 Å². The van der Waals surface area contributed by atoms with Crippen LogP contribution in [-0.2, 0) is 14.8 Å². The van der Waals surface area contributed by atoms with E-state index in [4.69, 9.17) is 4.74 Å². The number of hydrogen-bond acceptors (Lipinski definition) is 4. The average molecular weight is 388 g/mol. The molecule has 1 amide bonds. The summed E-state index contributed by atoms with van der Waals surface area (Å²) in [6.07, 6.45) is 1.72. The predicted octanol–water partition coefficient (Wildman–Crippen LogP) is 3.86. The van der Waals surface area contributed by atoms with Gasteiger partial charge in [-0.2, -0.15) is 4.31 Å². The van der Waals surface area contributed by atoms with Gasteiger partial charge in [-0.15, -0.1) is 0 Å². The maximum absolute atomic E-state index is 12.8. The number of amides is 1. The Labute approximate surface area is 160 Å². The maximum atomic E-state index is 12.8. The van der Waals surface area contributed by atoms with Crippen LogP contribution in [0.25, 0.3) is 0 Å². The topological polar surface area (TPSA) is 75.7 Å². The lowest BCUT2D eigenvalue weighted by molar-refractivity contribution is -0.117. The van der Waals surface area contributed by atoms with Gasteiger partial charge in [0.05, 0.1) is 10.6 Å². The van der Waals surface area contributed by atoms with Gasteiger partial charge in [0, 0.05) is 19.0 Å². The molecule has 2 aromatic rings. The minimum absolute atomic E-state index is 0.00220. The fourth-order valence-corrected chi connectivity index (χ4v) is 4.25. The molecule has 6 nitrogen and oxygen atoms in total. The van der Waals surface area contributed by atoms with Gasteiger partial charge < -0.3 is 10.1 Å². The van der Waals surface area contributed by atoms with Crippen molar-refractivity contribution < 1.29 is 17.9 Å². The number of para-hydroxylation sites is 1. The summed E-state index contributed by atoms with van der Waals surface area (Å²) in [4.78, 5) is 12.4. The van der Waals surface area contributed by atoms with E-state index in [1.807, 2.05) is 18.2 Å². The summed E-state index contributed by atoms with van der Waals surface area (Å²) in [5.74, 6) is 0.912. The van der Waals surface area contributed by atoms with Crippen LogP contribution in [0.2, 0.25) is 0 Å². The molecule has 0 aromatic heterocycles. The van der Waals surface area contributed by atoms with Gasteiger partial charge in [0.15, 0.2) is 5.75 Å². The summed E-state index contributed by atoms with van der Waals surface area (Å²) in [5.41, 5.74) is 0.365. The summed E-state index contributed by atoms with van der Waals surface area (Å²) in [7, 11) is -3.63. The Morgan fingerprint density at radius 1 is 1.11 bits per heavy atom.